The third-order valence-electron chi connectivity index (χ3n) is 3.35. The standard InChI is InChI=1S/C13H13Br2ClN4/c1-8-17-12-7-11(16)10(14)6-9(12)13(18-8)19-2-4-20(15)5-3-19/h6-7H,2-5H2,1H3. The highest BCUT2D eigenvalue weighted by Gasteiger charge is 2.19. The summed E-state index contributed by atoms with van der Waals surface area (Å²) in [7, 11) is 0. The predicted octanol–water partition coefficient (Wildman–Crippen LogP) is 3.79. The maximum Gasteiger partial charge on any atom is 0.140 e. The Balaban J connectivity index is 2.11. The van der Waals surface area contributed by atoms with Crippen molar-refractivity contribution in [1.82, 2.24) is 13.9 Å². The summed E-state index contributed by atoms with van der Waals surface area (Å²) in [4.78, 5) is 11.4. The van der Waals surface area contributed by atoms with Gasteiger partial charge in [0.2, 0.25) is 0 Å². The van der Waals surface area contributed by atoms with E-state index in [1.54, 1.807) is 0 Å². The Labute approximate surface area is 139 Å². The van der Waals surface area contributed by atoms with E-state index in [4.69, 9.17) is 11.6 Å². The van der Waals surface area contributed by atoms with E-state index in [9.17, 15) is 0 Å². The summed E-state index contributed by atoms with van der Waals surface area (Å²) in [6, 6.07) is 3.90. The number of nitrogens with zero attached hydrogens (tertiary/aromatic N) is 4. The van der Waals surface area contributed by atoms with Gasteiger partial charge in [0.1, 0.15) is 11.6 Å². The Kier molecular flexibility index (Phi) is 4.17. The van der Waals surface area contributed by atoms with Crippen LogP contribution in [-0.2, 0) is 0 Å². The van der Waals surface area contributed by atoms with Crippen molar-refractivity contribution in [2.24, 2.45) is 0 Å². The first-order valence-corrected chi connectivity index (χ1v) is 8.21. The number of piperazine rings is 1. The lowest BCUT2D eigenvalue weighted by atomic mass is 10.2. The molecule has 0 amide bonds. The molecule has 1 saturated heterocycles. The summed E-state index contributed by atoms with van der Waals surface area (Å²) in [5.74, 6) is 1.76. The Bertz CT molecular complexity index is 656. The lowest BCUT2D eigenvalue weighted by molar-refractivity contribution is 0.442. The maximum atomic E-state index is 6.16. The molecule has 1 fully saturated rings. The summed E-state index contributed by atoms with van der Waals surface area (Å²) in [5, 5.41) is 1.71. The Morgan fingerprint density at radius 2 is 1.85 bits per heavy atom. The Morgan fingerprint density at radius 1 is 1.15 bits per heavy atom. The summed E-state index contributed by atoms with van der Waals surface area (Å²) in [5.41, 5.74) is 0.891. The van der Waals surface area contributed by atoms with Crippen LogP contribution < -0.4 is 4.90 Å². The van der Waals surface area contributed by atoms with Gasteiger partial charge >= 0.3 is 0 Å². The van der Waals surface area contributed by atoms with Crippen LogP contribution in [0, 0.1) is 6.92 Å². The highest BCUT2D eigenvalue weighted by atomic mass is 79.9. The normalized spacial score (nSPS) is 16.9. The molecule has 0 radical (unpaired) electrons. The quantitative estimate of drug-likeness (QED) is 0.657. The SMILES string of the molecule is Cc1nc(N2CCN(Br)CC2)c2cc(Br)c(Cl)cc2n1. The average Bonchev–Trinajstić information content (AvgIpc) is 2.41. The van der Waals surface area contributed by atoms with Crippen molar-refractivity contribution in [3.05, 3.63) is 27.5 Å². The third-order valence-corrected chi connectivity index (χ3v) is 5.26. The van der Waals surface area contributed by atoms with Crippen molar-refractivity contribution < 1.29 is 0 Å². The van der Waals surface area contributed by atoms with Gasteiger partial charge in [-0.3, -0.25) is 0 Å². The van der Waals surface area contributed by atoms with E-state index in [1.807, 2.05) is 19.1 Å². The zero-order valence-corrected chi connectivity index (χ0v) is 14.8. The van der Waals surface area contributed by atoms with Crippen LogP contribution in [0.1, 0.15) is 5.82 Å². The fourth-order valence-electron chi connectivity index (χ4n) is 2.36. The molecular weight excluding hydrogens is 407 g/mol. The van der Waals surface area contributed by atoms with E-state index in [2.05, 4.69) is 50.9 Å². The van der Waals surface area contributed by atoms with Gasteiger partial charge in [-0.1, -0.05) is 11.6 Å². The second-order valence-corrected chi connectivity index (χ2v) is 7.04. The molecule has 0 bridgehead atoms. The number of benzene rings is 1. The second kappa shape index (κ2) is 5.75. The Hall–Kier alpha value is -0.430. The van der Waals surface area contributed by atoms with E-state index >= 15 is 0 Å². The molecule has 0 saturated carbocycles. The van der Waals surface area contributed by atoms with Gasteiger partial charge in [-0.2, -0.15) is 0 Å². The van der Waals surface area contributed by atoms with Crippen molar-refractivity contribution in [3.63, 3.8) is 0 Å². The number of aromatic nitrogens is 2. The van der Waals surface area contributed by atoms with E-state index < -0.39 is 0 Å². The van der Waals surface area contributed by atoms with Crippen LogP contribution >= 0.6 is 43.7 Å². The predicted molar refractivity (Wildman–Crippen MR) is 89.7 cm³/mol. The van der Waals surface area contributed by atoms with Crippen molar-refractivity contribution in [2.75, 3.05) is 31.1 Å². The highest BCUT2D eigenvalue weighted by Crippen LogP contribution is 2.32. The van der Waals surface area contributed by atoms with Gasteiger partial charge < -0.3 is 4.90 Å². The van der Waals surface area contributed by atoms with E-state index in [0.29, 0.717) is 5.02 Å². The molecule has 0 unspecified atom stereocenters. The topological polar surface area (TPSA) is 32.3 Å². The van der Waals surface area contributed by atoms with Crippen molar-refractivity contribution >= 4 is 60.4 Å². The number of hydrogen-bond acceptors (Lipinski definition) is 4. The minimum Gasteiger partial charge on any atom is -0.353 e. The van der Waals surface area contributed by atoms with Crippen molar-refractivity contribution in [1.29, 1.82) is 0 Å². The number of fused-ring (bicyclic) bond motifs is 1. The highest BCUT2D eigenvalue weighted by molar-refractivity contribution is 9.10. The molecule has 1 aliphatic rings. The van der Waals surface area contributed by atoms with Crippen LogP contribution in [-0.4, -0.2) is 40.1 Å². The molecule has 0 atom stereocenters. The van der Waals surface area contributed by atoms with Crippen LogP contribution in [0.3, 0.4) is 0 Å². The summed E-state index contributed by atoms with van der Waals surface area (Å²) < 4.78 is 3.02. The molecule has 0 aliphatic carbocycles. The summed E-state index contributed by atoms with van der Waals surface area (Å²) in [6.45, 7) is 5.74. The van der Waals surface area contributed by atoms with Crippen LogP contribution in [0.15, 0.2) is 16.6 Å². The minimum atomic E-state index is 0.673. The van der Waals surface area contributed by atoms with E-state index in [-0.39, 0.29) is 0 Å². The molecule has 4 nitrogen and oxygen atoms in total. The Morgan fingerprint density at radius 3 is 2.55 bits per heavy atom. The first kappa shape index (κ1) is 14.5. The van der Waals surface area contributed by atoms with Crippen LogP contribution in [0.25, 0.3) is 10.9 Å². The number of hydrogen-bond donors (Lipinski definition) is 0. The molecule has 2 heterocycles. The number of aryl methyl sites for hydroxylation is 1. The molecule has 3 rings (SSSR count). The van der Waals surface area contributed by atoms with Crippen molar-refractivity contribution in [3.8, 4) is 0 Å². The number of halogens is 3. The average molecular weight is 421 g/mol. The first-order valence-electron chi connectivity index (χ1n) is 6.33. The molecule has 1 aliphatic heterocycles. The van der Waals surface area contributed by atoms with E-state index in [1.165, 1.54) is 0 Å². The molecule has 1 aromatic heterocycles. The van der Waals surface area contributed by atoms with Crippen LogP contribution in [0.4, 0.5) is 5.82 Å². The molecule has 7 heteroatoms. The maximum absolute atomic E-state index is 6.16. The van der Waals surface area contributed by atoms with Crippen LogP contribution in [0.2, 0.25) is 5.02 Å². The minimum absolute atomic E-state index is 0.673. The fourth-order valence-corrected chi connectivity index (χ4v) is 3.17. The van der Waals surface area contributed by atoms with Gasteiger partial charge in [0.25, 0.3) is 0 Å². The van der Waals surface area contributed by atoms with Gasteiger partial charge in [0.15, 0.2) is 0 Å². The monoisotopic (exact) mass is 418 g/mol. The lowest BCUT2D eigenvalue weighted by Crippen LogP contribution is -2.42. The van der Waals surface area contributed by atoms with Gasteiger partial charge in [0, 0.05) is 52.2 Å². The molecule has 1 aromatic carbocycles. The van der Waals surface area contributed by atoms with Crippen LogP contribution in [0.5, 0.6) is 0 Å². The summed E-state index contributed by atoms with van der Waals surface area (Å²) in [6.07, 6.45) is 0. The van der Waals surface area contributed by atoms with Crippen molar-refractivity contribution in [2.45, 2.75) is 6.92 Å². The molecule has 106 valence electrons. The molecule has 2 aromatic rings. The number of rotatable bonds is 1. The van der Waals surface area contributed by atoms with Gasteiger partial charge in [-0.05, 0) is 35.0 Å². The van der Waals surface area contributed by atoms with Gasteiger partial charge in [0.05, 0.1) is 10.5 Å². The van der Waals surface area contributed by atoms with E-state index in [0.717, 1.165) is 53.2 Å². The largest absolute Gasteiger partial charge is 0.353 e. The van der Waals surface area contributed by atoms with Gasteiger partial charge in [-0.25, -0.2) is 13.9 Å². The third kappa shape index (κ3) is 2.79. The first-order chi connectivity index (χ1) is 9.54. The molecule has 0 N–H and O–H groups in total. The second-order valence-electron chi connectivity index (χ2n) is 4.77. The summed E-state index contributed by atoms with van der Waals surface area (Å²) >= 11 is 13.2. The smallest absolute Gasteiger partial charge is 0.140 e. The molecule has 20 heavy (non-hydrogen) atoms. The molecular formula is C13H13Br2ClN4. The van der Waals surface area contributed by atoms with Gasteiger partial charge in [-0.15, -0.1) is 0 Å². The zero-order valence-electron chi connectivity index (χ0n) is 10.9. The number of anilines is 1. The fraction of sp³-hybridized carbons (Fsp3) is 0.385. The molecule has 0 spiro atoms. The lowest BCUT2D eigenvalue weighted by Gasteiger charge is -2.32. The zero-order chi connectivity index (χ0) is 14.3.